The topological polar surface area (TPSA) is 63.7 Å². The SMILES string of the molecule is Cc1cccn2cc(-c3ccccc3NC(=O)c3sc4nc(-c5ccccc5)cn4c3C)nc12. The van der Waals surface area contributed by atoms with Crippen LogP contribution in [-0.2, 0) is 0 Å². The number of para-hydroxylation sites is 1. The van der Waals surface area contributed by atoms with Crippen molar-refractivity contribution in [2.45, 2.75) is 13.8 Å². The molecule has 0 bridgehead atoms. The smallest absolute Gasteiger partial charge is 0.267 e. The van der Waals surface area contributed by atoms with E-state index in [-0.39, 0.29) is 5.91 Å². The van der Waals surface area contributed by atoms with Crippen LogP contribution in [0.1, 0.15) is 20.9 Å². The van der Waals surface area contributed by atoms with Crippen LogP contribution in [0.4, 0.5) is 5.69 Å². The second kappa shape index (κ2) is 7.97. The molecule has 34 heavy (non-hydrogen) atoms. The summed E-state index contributed by atoms with van der Waals surface area (Å²) in [6.07, 6.45) is 5.96. The molecule has 0 aliphatic heterocycles. The summed E-state index contributed by atoms with van der Waals surface area (Å²) < 4.78 is 3.99. The van der Waals surface area contributed by atoms with Gasteiger partial charge in [-0.15, -0.1) is 0 Å². The number of nitrogens with zero attached hydrogens (tertiary/aromatic N) is 4. The second-order valence-corrected chi connectivity index (χ2v) is 9.19. The van der Waals surface area contributed by atoms with Crippen molar-refractivity contribution in [3.8, 4) is 22.5 Å². The Morgan fingerprint density at radius 3 is 2.47 bits per heavy atom. The first-order valence-electron chi connectivity index (χ1n) is 11.0. The maximum atomic E-state index is 13.3. The zero-order valence-corrected chi connectivity index (χ0v) is 19.5. The summed E-state index contributed by atoms with van der Waals surface area (Å²) in [6.45, 7) is 3.99. The first-order valence-corrected chi connectivity index (χ1v) is 11.8. The number of hydrogen-bond donors (Lipinski definition) is 1. The van der Waals surface area contributed by atoms with Gasteiger partial charge >= 0.3 is 0 Å². The number of anilines is 1. The second-order valence-electron chi connectivity index (χ2n) is 8.21. The van der Waals surface area contributed by atoms with Crippen LogP contribution >= 0.6 is 11.3 Å². The lowest BCUT2D eigenvalue weighted by Crippen LogP contribution is -2.12. The fourth-order valence-corrected chi connectivity index (χ4v) is 5.19. The van der Waals surface area contributed by atoms with Crippen molar-refractivity contribution in [3.63, 3.8) is 0 Å². The van der Waals surface area contributed by atoms with E-state index in [1.54, 1.807) is 0 Å². The van der Waals surface area contributed by atoms with Crippen molar-refractivity contribution in [3.05, 3.63) is 101 Å². The van der Waals surface area contributed by atoms with E-state index in [0.717, 1.165) is 50.1 Å². The molecule has 1 amide bonds. The molecular formula is C27H21N5OS. The van der Waals surface area contributed by atoms with Gasteiger partial charge in [0.1, 0.15) is 10.5 Å². The van der Waals surface area contributed by atoms with E-state index in [9.17, 15) is 4.79 Å². The van der Waals surface area contributed by atoms with Crippen LogP contribution in [0, 0.1) is 13.8 Å². The Morgan fingerprint density at radius 1 is 0.882 bits per heavy atom. The van der Waals surface area contributed by atoms with Gasteiger partial charge in [0.15, 0.2) is 4.96 Å². The van der Waals surface area contributed by atoms with Crippen molar-refractivity contribution in [1.29, 1.82) is 0 Å². The van der Waals surface area contributed by atoms with Crippen LogP contribution in [0.25, 0.3) is 33.1 Å². The fraction of sp³-hybridized carbons (Fsp3) is 0.0741. The number of carbonyl (C=O) groups excluding carboxylic acids is 1. The molecule has 0 spiro atoms. The highest BCUT2D eigenvalue weighted by molar-refractivity contribution is 7.19. The molecule has 6 rings (SSSR count). The molecular weight excluding hydrogens is 442 g/mol. The lowest BCUT2D eigenvalue weighted by atomic mass is 10.1. The van der Waals surface area contributed by atoms with Gasteiger partial charge in [0.05, 0.1) is 17.1 Å². The zero-order chi connectivity index (χ0) is 23.2. The largest absolute Gasteiger partial charge is 0.321 e. The number of aryl methyl sites for hydroxylation is 2. The Labute approximate surface area is 200 Å². The van der Waals surface area contributed by atoms with E-state index < -0.39 is 0 Å². The molecule has 6 aromatic rings. The molecule has 4 aromatic heterocycles. The summed E-state index contributed by atoms with van der Waals surface area (Å²) in [6, 6.07) is 21.9. The number of aromatic nitrogens is 4. The number of imidazole rings is 2. The van der Waals surface area contributed by atoms with Crippen LogP contribution in [0.5, 0.6) is 0 Å². The quantitative estimate of drug-likeness (QED) is 0.336. The van der Waals surface area contributed by atoms with Crippen LogP contribution in [0.3, 0.4) is 0 Å². The lowest BCUT2D eigenvalue weighted by Gasteiger charge is -2.09. The predicted molar refractivity (Wildman–Crippen MR) is 137 cm³/mol. The summed E-state index contributed by atoms with van der Waals surface area (Å²) in [4.78, 5) is 24.3. The standard InChI is InChI=1S/C27H21N5OS/c1-17-9-8-14-31-15-23(28-25(17)31)20-12-6-7-13-21(20)29-26(33)24-18(2)32-16-22(30-27(32)34-24)19-10-4-3-5-11-19/h3-16H,1-2H3,(H,29,33). The maximum Gasteiger partial charge on any atom is 0.267 e. The van der Waals surface area contributed by atoms with Gasteiger partial charge in [-0.1, -0.05) is 65.9 Å². The van der Waals surface area contributed by atoms with E-state index in [2.05, 4.69) is 5.32 Å². The van der Waals surface area contributed by atoms with Crippen LogP contribution < -0.4 is 5.32 Å². The number of pyridine rings is 1. The molecule has 166 valence electrons. The molecule has 0 fully saturated rings. The van der Waals surface area contributed by atoms with E-state index in [1.807, 2.05) is 108 Å². The lowest BCUT2D eigenvalue weighted by molar-refractivity contribution is 0.102. The molecule has 1 N–H and O–H groups in total. The molecule has 0 radical (unpaired) electrons. The summed E-state index contributed by atoms with van der Waals surface area (Å²) in [5, 5.41) is 3.10. The normalized spacial score (nSPS) is 11.4. The van der Waals surface area contributed by atoms with Gasteiger partial charge in [0, 0.05) is 35.4 Å². The van der Waals surface area contributed by atoms with Crippen LogP contribution in [0.15, 0.2) is 85.3 Å². The van der Waals surface area contributed by atoms with Crippen molar-refractivity contribution in [2.75, 3.05) is 5.32 Å². The summed E-state index contributed by atoms with van der Waals surface area (Å²) in [5.41, 5.74) is 7.25. The van der Waals surface area contributed by atoms with Gasteiger partial charge in [0.2, 0.25) is 0 Å². The first kappa shape index (κ1) is 20.4. The average molecular weight is 464 g/mol. The van der Waals surface area contributed by atoms with Gasteiger partial charge in [-0.05, 0) is 31.5 Å². The number of carbonyl (C=O) groups is 1. The van der Waals surface area contributed by atoms with Gasteiger partial charge < -0.3 is 9.72 Å². The van der Waals surface area contributed by atoms with Crippen molar-refractivity contribution >= 4 is 33.5 Å². The number of thiazole rings is 1. The molecule has 7 heteroatoms. The average Bonchev–Trinajstić information content (AvgIpc) is 3.55. The van der Waals surface area contributed by atoms with Gasteiger partial charge in [-0.25, -0.2) is 9.97 Å². The van der Waals surface area contributed by atoms with Crippen LogP contribution in [-0.4, -0.2) is 24.7 Å². The van der Waals surface area contributed by atoms with Gasteiger partial charge in [0.25, 0.3) is 5.91 Å². The highest BCUT2D eigenvalue weighted by Crippen LogP contribution is 2.31. The molecule has 0 saturated heterocycles. The van der Waals surface area contributed by atoms with Gasteiger partial charge in [-0.3, -0.25) is 9.20 Å². The number of benzene rings is 2. The molecule has 0 saturated carbocycles. The molecule has 0 aliphatic rings. The Morgan fingerprint density at radius 2 is 1.68 bits per heavy atom. The minimum Gasteiger partial charge on any atom is -0.321 e. The molecule has 0 atom stereocenters. The highest BCUT2D eigenvalue weighted by Gasteiger charge is 2.20. The first-order chi connectivity index (χ1) is 16.6. The molecule has 6 nitrogen and oxygen atoms in total. The monoisotopic (exact) mass is 463 g/mol. The Bertz CT molecular complexity index is 1680. The van der Waals surface area contributed by atoms with E-state index >= 15 is 0 Å². The van der Waals surface area contributed by atoms with E-state index in [4.69, 9.17) is 9.97 Å². The summed E-state index contributed by atoms with van der Waals surface area (Å²) >= 11 is 1.39. The molecule has 4 heterocycles. The number of nitrogens with one attached hydrogen (secondary N) is 1. The predicted octanol–water partition coefficient (Wildman–Crippen LogP) is 6.25. The minimum absolute atomic E-state index is 0.151. The number of amides is 1. The number of hydrogen-bond acceptors (Lipinski definition) is 4. The molecule has 0 unspecified atom stereocenters. The Hall–Kier alpha value is -4.23. The van der Waals surface area contributed by atoms with E-state index in [1.165, 1.54) is 11.3 Å². The molecule has 2 aromatic carbocycles. The number of rotatable bonds is 4. The Balaban J connectivity index is 1.33. The summed E-state index contributed by atoms with van der Waals surface area (Å²) in [7, 11) is 0. The minimum atomic E-state index is -0.151. The third-order valence-corrected chi connectivity index (χ3v) is 7.12. The number of fused-ring (bicyclic) bond motifs is 2. The van der Waals surface area contributed by atoms with Crippen molar-refractivity contribution in [2.24, 2.45) is 0 Å². The molecule has 0 aliphatic carbocycles. The van der Waals surface area contributed by atoms with Crippen molar-refractivity contribution < 1.29 is 4.79 Å². The third kappa shape index (κ3) is 3.38. The van der Waals surface area contributed by atoms with Crippen LogP contribution in [0.2, 0.25) is 0 Å². The van der Waals surface area contributed by atoms with Crippen molar-refractivity contribution in [1.82, 2.24) is 18.8 Å². The van der Waals surface area contributed by atoms with Gasteiger partial charge in [-0.2, -0.15) is 0 Å². The summed E-state index contributed by atoms with van der Waals surface area (Å²) in [5.74, 6) is -0.151. The van der Waals surface area contributed by atoms with E-state index in [0.29, 0.717) is 4.88 Å². The third-order valence-electron chi connectivity index (χ3n) is 5.96. The highest BCUT2D eigenvalue weighted by atomic mass is 32.1. The zero-order valence-electron chi connectivity index (χ0n) is 18.7. The Kier molecular flexibility index (Phi) is 4.78. The maximum absolute atomic E-state index is 13.3. The fourth-order valence-electron chi connectivity index (χ4n) is 4.19.